The maximum atomic E-state index is 12.3. The van der Waals surface area contributed by atoms with Crippen molar-refractivity contribution in [2.24, 2.45) is 5.92 Å². The van der Waals surface area contributed by atoms with Gasteiger partial charge in [0.25, 0.3) is 0 Å². The van der Waals surface area contributed by atoms with Gasteiger partial charge < -0.3 is 15.5 Å². The third kappa shape index (κ3) is 4.29. The maximum absolute atomic E-state index is 12.3. The molecule has 0 bridgehead atoms. The maximum Gasteiger partial charge on any atom is 0.240 e. The number of nitrogens with one attached hydrogen (secondary N) is 2. The number of hydrogen-bond donors (Lipinski definition) is 2. The Morgan fingerprint density at radius 2 is 2.11 bits per heavy atom. The van der Waals surface area contributed by atoms with Crippen molar-refractivity contribution in [1.29, 1.82) is 0 Å². The average molecular weight is 255 g/mol. The van der Waals surface area contributed by atoms with Crippen molar-refractivity contribution < 1.29 is 9.59 Å². The van der Waals surface area contributed by atoms with Crippen LogP contribution in [0.3, 0.4) is 0 Å². The first-order valence-electron chi connectivity index (χ1n) is 6.87. The Balaban J connectivity index is 2.52. The second-order valence-corrected chi connectivity index (χ2v) is 4.94. The zero-order valence-corrected chi connectivity index (χ0v) is 11.7. The first-order valence-corrected chi connectivity index (χ1v) is 6.87. The standard InChI is InChI=1S/C13H25N3O2/c1-4-14-12(17)9-16(5-2)13(18)11-8-10(3)6-7-15-11/h10-11,15H,4-9H2,1-3H3,(H,14,17). The number of carbonyl (C=O) groups excluding carboxylic acids is 2. The summed E-state index contributed by atoms with van der Waals surface area (Å²) >= 11 is 0. The molecule has 0 aromatic carbocycles. The summed E-state index contributed by atoms with van der Waals surface area (Å²) in [6.07, 6.45) is 1.98. The molecule has 2 amide bonds. The van der Waals surface area contributed by atoms with Crippen LogP contribution in [0.5, 0.6) is 0 Å². The van der Waals surface area contributed by atoms with E-state index in [9.17, 15) is 9.59 Å². The van der Waals surface area contributed by atoms with Gasteiger partial charge in [0.1, 0.15) is 0 Å². The predicted molar refractivity (Wildman–Crippen MR) is 71.1 cm³/mol. The quantitative estimate of drug-likeness (QED) is 0.745. The predicted octanol–water partition coefficient (Wildman–Crippen LogP) is 0.359. The lowest BCUT2D eigenvalue weighted by atomic mass is 9.93. The molecule has 18 heavy (non-hydrogen) atoms. The van der Waals surface area contributed by atoms with Crippen molar-refractivity contribution in [3.8, 4) is 0 Å². The molecule has 0 aliphatic carbocycles. The Morgan fingerprint density at radius 3 is 2.67 bits per heavy atom. The SMILES string of the molecule is CCNC(=O)CN(CC)C(=O)C1CC(C)CCN1. The molecule has 1 aliphatic rings. The molecule has 0 aromatic rings. The molecule has 0 aromatic heterocycles. The topological polar surface area (TPSA) is 61.4 Å². The summed E-state index contributed by atoms with van der Waals surface area (Å²) in [5.74, 6) is 0.537. The van der Waals surface area contributed by atoms with Gasteiger partial charge in [-0.3, -0.25) is 9.59 Å². The lowest BCUT2D eigenvalue weighted by Crippen LogP contribution is -2.52. The van der Waals surface area contributed by atoms with E-state index in [-0.39, 0.29) is 24.4 Å². The largest absolute Gasteiger partial charge is 0.355 e. The van der Waals surface area contributed by atoms with E-state index in [1.54, 1.807) is 4.90 Å². The van der Waals surface area contributed by atoms with Crippen molar-refractivity contribution in [3.63, 3.8) is 0 Å². The number of carbonyl (C=O) groups is 2. The van der Waals surface area contributed by atoms with Crippen molar-refractivity contribution in [2.45, 2.75) is 39.7 Å². The minimum absolute atomic E-state index is 0.0512. The molecule has 0 radical (unpaired) electrons. The number of hydrogen-bond acceptors (Lipinski definition) is 3. The molecule has 1 aliphatic heterocycles. The van der Waals surface area contributed by atoms with Crippen LogP contribution in [0.4, 0.5) is 0 Å². The molecule has 2 atom stereocenters. The normalized spacial score (nSPS) is 23.5. The zero-order valence-electron chi connectivity index (χ0n) is 11.7. The number of piperidine rings is 1. The van der Waals surface area contributed by atoms with E-state index >= 15 is 0 Å². The number of rotatable bonds is 5. The van der Waals surface area contributed by atoms with Gasteiger partial charge in [0.05, 0.1) is 12.6 Å². The smallest absolute Gasteiger partial charge is 0.240 e. The van der Waals surface area contributed by atoms with Crippen LogP contribution in [0, 0.1) is 5.92 Å². The minimum atomic E-state index is -0.122. The Hall–Kier alpha value is -1.10. The van der Waals surface area contributed by atoms with Crippen LogP contribution in [0.2, 0.25) is 0 Å². The molecule has 5 heteroatoms. The van der Waals surface area contributed by atoms with Gasteiger partial charge >= 0.3 is 0 Å². The van der Waals surface area contributed by atoms with Crippen molar-refractivity contribution >= 4 is 11.8 Å². The van der Waals surface area contributed by atoms with Gasteiger partial charge in [-0.15, -0.1) is 0 Å². The van der Waals surface area contributed by atoms with Crippen LogP contribution in [-0.4, -0.2) is 48.9 Å². The van der Waals surface area contributed by atoms with Gasteiger partial charge in [-0.05, 0) is 39.2 Å². The molecule has 0 spiro atoms. The lowest BCUT2D eigenvalue weighted by Gasteiger charge is -2.31. The van der Waals surface area contributed by atoms with E-state index in [1.807, 2.05) is 13.8 Å². The fourth-order valence-corrected chi connectivity index (χ4v) is 2.29. The summed E-state index contributed by atoms with van der Waals surface area (Å²) in [4.78, 5) is 25.5. The van der Waals surface area contributed by atoms with Crippen molar-refractivity contribution in [3.05, 3.63) is 0 Å². The second-order valence-electron chi connectivity index (χ2n) is 4.94. The third-order valence-corrected chi connectivity index (χ3v) is 3.37. The van der Waals surface area contributed by atoms with Gasteiger partial charge in [0, 0.05) is 13.1 Å². The van der Waals surface area contributed by atoms with Crippen LogP contribution < -0.4 is 10.6 Å². The van der Waals surface area contributed by atoms with Gasteiger partial charge in [-0.2, -0.15) is 0 Å². The summed E-state index contributed by atoms with van der Waals surface area (Å²) < 4.78 is 0. The second kappa shape index (κ2) is 7.36. The number of amides is 2. The number of likely N-dealkylation sites (N-methyl/N-ethyl adjacent to an activating group) is 2. The summed E-state index contributed by atoms with van der Waals surface area (Å²) in [7, 11) is 0. The Labute approximate surface area is 109 Å². The van der Waals surface area contributed by atoms with Crippen molar-refractivity contribution in [1.82, 2.24) is 15.5 Å². The van der Waals surface area contributed by atoms with Crippen LogP contribution in [-0.2, 0) is 9.59 Å². The third-order valence-electron chi connectivity index (χ3n) is 3.37. The van der Waals surface area contributed by atoms with Gasteiger partial charge in [-0.25, -0.2) is 0 Å². The Morgan fingerprint density at radius 1 is 1.39 bits per heavy atom. The summed E-state index contributed by atoms with van der Waals surface area (Å²) in [5, 5.41) is 5.97. The molecule has 0 saturated carbocycles. The van der Waals surface area contributed by atoms with E-state index in [0.717, 1.165) is 19.4 Å². The molecule has 1 heterocycles. The fraction of sp³-hybridized carbons (Fsp3) is 0.846. The fourth-order valence-electron chi connectivity index (χ4n) is 2.29. The highest BCUT2D eigenvalue weighted by molar-refractivity contribution is 5.87. The molecule has 1 rings (SSSR count). The summed E-state index contributed by atoms with van der Waals surface area (Å²) in [6, 6.07) is -0.122. The molecular weight excluding hydrogens is 230 g/mol. The Kier molecular flexibility index (Phi) is 6.12. The molecule has 104 valence electrons. The van der Waals surface area contributed by atoms with Crippen molar-refractivity contribution in [2.75, 3.05) is 26.2 Å². The first-order chi connectivity index (χ1) is 8.58. The first kappa shape index (κ1) is 15.0. The zero-order chi connectivity index (χ0) is 13.5. The van der Waals surface area contributed by atoms with Crippen LogP contribution in [0.15, 0.2) is 0 Å². The van der Waals surface area contributed by atoms with E-state index < -0.39 is 0 Å². The number of nitrogens with zero attached hydrogens (tertiary/aromatic N) is 1. The highest BCUT2D eigenvalue weighted by Crippen LogP contribution is 2.16. The van der Waals surface area contributed by atoms with E-state index in [0.29, 0.717) is 19.0 Å². The average Bonchev–Trinajstić information content (AvgIpc) is 2.35. The molecule has 2 unspecified atom stereocenters. The van der Waals surface area contributed by atoms with Gasteiger partial charge in [0.15, 0.2) is 0 Å². The minimum Gasteiger partial charge on any atom is -0.355 e. The van der Waals surface area contributed by atoms with Gasteiger partial charge in [-0.1, -0.05) is 6.92 Å². The molecule has 2 N–H and O–H groups in total. The van der Waals surface area contributed by atoms with E-state index in [2.05, 4.69) is 17.6 Å². The lowest BCUT2D eigenvalue weighted by molar-refractivity contribution is -0.138. The van der Waals surface area contributed by atoms with Crippen LogP contribution in [0.1, 0.15) is 33.6 Å². The molecule has 5 nitrogen and oxygen atoms in total. The van der Waals surface area contributed by atoms with Crippen LogP contribution >= 0.6 is 0 Å². The molecular formula is C13H25N3O2. The molecule has 1 saturated heterocycles. The molecule has 1 fully saturated rings. The highest BCUT2D eigenvalue weighted by Gasteiger charge is 2.28. The van der Waals surface area contributed by atoms with Crippen LogP contribution in [0.25, 0.3) is 0 Å². The summed E-state index contributed by atoms with van der Waals surface area (Å²) in [6.45, 7) is 8.17. The Bertz CT molecular complexity index is 294. The monoisotopic (exact) mass is 255 g/mol. The summed E-state index contributed by atoms with van der Waals surface area (Å²) in [5.41, 5.74) is 0. The van der Waals surface area contributed by atoms with E-state index in [4.69, 9.17) is 0 Å². The highest BCUT2D eigenvalue weighted by atomic mass is 16.2. The van der Waals surface area contributed by atoms with Gasteiger partial charge in [0.2, 0.25) is 11.8 Å². The van der Waals surface area contributed by atoms with E-state index in [1.165, 1.54) is 0 Å².